The number of benzene rings is 2. The molecule has 3 aromatic rings. The smallest absolute Gasteiger partial charge is 0.360 e. The van der Waals surface area contributed by atoms with Crippen molar-refractivity contribution in [1.29, 1.82) is 0 Å². The Labute approximate surface area is 201 Å². The Hall–Kier alpha value is -3.20. The number of anilines is 1. The van der Waals surface area contributed by atoms with Gasteiger partial charge in [-0.2, -0.15) is 13.2 Å². The van der Waals surface area contributed by atoms with E-state index in [9.17, 15) is 18.0 Å². The van der Waals surface area contributed by atoms with E-state index in [1.165, 1.54) is 43.6 Å². The molecule has 9 heteroatoms. The average molecular weight is 484 g/mol. The first-order chi connectivity index (χ1) is 16.9. The van der Waals surface area contributed by atoms with Gasteiger partial charge in [0, 0.05) is 24.5 Å². The number of amides is 1. The highest BCUT2D eigenvalue weighted by atomic mass is 19.4. The molecule has 0 bridgehead atoms. The summed E-state index contributed by atoms with van der Waals surface area (Å²) in [5.74, 6) is 0.642. The van der Waals surface area contributed by atoms with Crippen molar-refractivity contribution in [2.45, 2.75) is 49.9 Å². The number of carbonyl (C=O) groups excluding carboxylic acids is 1. The normalized spacial score (nSPS) is 21.5. The first-order valence-corrected chi connectivity index (χ1v) is 12.0. The monoisotopic (exact) mass is 483 g/mol. The highest BCUT2D eigenvalue weighted by molar-refractivity contribution is 5.91. The summed E-state index contributed by atoms with van der Waals surface area (Å²) in [5.41, 5.74) is 1.03. The molecule has 184 valence electrons. The first-order valence-electron chi connectivity index (χ1n) is 12.0. The molecule has 1 amide bonds. The van der Waals surface area contributed by atoms with Crippen molar-refractivity contribution in [2.75, 3.05) is 25.0 Å². The van der Waals surface area contributed by atoms with Crippen LogP contribution in [-0.4, -0.2) is 52.5 Å². The van der Waals surface area contributed by atoms with Gasteiger partial charge in [-0.15, -0.1) is 0 Å². The summed E-state index contributed by atoms with van der Waals surface area (Å²) in [7, 11) is 0. The van der Waals surface area contributed by atoms with Gasteiger partial charge in [-0.3, -0.25) is 9.69 Å². The van der Waals surface area contributed by atoms with Gasteiger partial charge in [-0.05, 0) is 55.4 Å². The predicted molar refractivity (Wildman–Crippen MR) is 128 cm³/mol. The van der Waals surface area contributed by atoms with Crippen LogP contribution in [0.15, 0.2) is 54.9 Å². The molecule has 2 heterocycles. The van der Waals surface area contributed by atoms with E-state index in [1.807, 2.05) is 0 Å². The molecular weight excluding hydrogens is 455 g/mol. The lowest BCUT2D eigenvalue weighted by molar-refractivity contribution is -0.137. The van der Waals surface area contributed by atoms with Crippen molar-refractivity contribution in [3.8, 4) is 0 Å². The summed E-state index contributed by atoms with van der Waals surface area (Å²) >= 11 is 0. The van der Waals surface area contributed by atoms with E-state index in [0.717, 1.165) is 25.2 Å². The molecule has 1 aliphatic carbocycles. The maximum absolute atomic E-state index is 13.1. The van der Waals surface area contributed by atoms with Gasteiger partial charge >= 0.3 is 6.18 Å². The summed E-state index contributed by atoms with van der Waals surface area (Å²) in [6.45, 7) is 1.59. The quantitative estimate of drug-likeness (QED) is 0.537. The third-order valence-corrected chi connectivity index (χ3v) is 7.14. The Morgan fingerprint density at radius 2 is 1.74 bits per heavy atom. The number of nitrogens with zero attached hydrogens (tertiary/aromatic N) is 3. The minimum Gasteiger partial charge on any atom is -0.360 e. The number of aromatic nitrogens is 2. The zero-order chi connectivity index (χ0) is 24.4. The summed E-state index contributed by atoms with van der Waals surface area (Å²) in [4.78, 5) is 22.9. The lowest BCUT2D eigenvalue weighted by Crippen LogP contribution is -2.63. The second-order valence-corrected chi connectivity index (χ2v) is 9.44. The summed E-state index contributed by atoms with van der Waals surface area (Å²) in [6.07, 6.45) is 1.52. The van der Waals surface area contributed by atoms with Gasteiger partial charge in [0.1, 0.15) is 12.1 Å². The molecule has 0 spiro atoms. The lowest BCUT2D eigenvalue weighted by Gasteiger charge is -2.46. The van der Waals surface area contributed by atoms with Crippen molar-refractivity contribution in [2.24, 2.45) is 0 Å². The van der Waals surface area contributed by atoms with Crippen molar-refractivity contribution in [3.63, 3.8) is 0 Å². The molecule has 2 fully saturated rings. The second-order valence-electron chi connectivity index (χ2n) is 9.44. The highest BCUT2D eigenvalue weighted by Gasteiger charge is 2.35. The Balaban J connectivity index is 1.08. The van der Waals surface area contributed by atoms with Crippen molar-refractivity contribution in [3.05, 3.63) is 66.0 Å². The number of halogens is 3. The van der Waals surface area contributed by atoms with E-state index in [4.69, 9.17) is 0 Å². The van der Waals surface area contributed by atoms with E-state index in [1.54, 1.807) is 0 Å². The minimum absolute atomic E-state index is 0.0684. The fraction of sp³-hybridized carbons (Fsp3) is 0.423. The molecule has 0 atom stereocenters. The predicted octanol–water partition coefficient (Wildman–Crippen LogP) is 4.59. The van der Waals surface area contributed by atoms with Crippen molar-refractivity contribution in [1.82, 2.24) is 20.2 Å². The van der Waals surface area contributed by atoms with Gasteiger partial charge in [-0.25, -0.2) is 9.97 Å². The van der Waals surface area contributed by atoms with E-state index < -0.39 is 11.7 Å². The minimum atomic E-state index is -4.46. The SMILES string of the molecule is O=C(CNc1ncnc2ccc(C(F)(F)F)cc12)NC1CN([C@H]2CC[C@H](c3ccccc3)CC2)C1. The molecule has 35 heavy (non-hydrogen) atoms. The molecule has 0 unspecified atom stereocenters. The third kappa shape index (κ3) is 5.40. The summed E-state index contributed by atoms with van der Waals surface area (Å²) < 4.78 is 39.3. The van der Waals surface area contributed by atoms with Crippen LogP contribution in [0.1, 0.15) is 42.7 Å². The molecule has 0 radical (unpaired) electrons. The molecule has 6 nitrogen and oxygen atoms in total. The number of hydrogen-bond donors (Lipinski definition) is 2. The maximum Gasteiger partial charge on any atom is 0.416 e. The molecule has 2 aliphatic rings. The van der Waals surface area contributed by atoms with Crippen LogP contribution >= 0.6 is 0 Å². The average Bonchev–Trinajstić information content (AvgIpc) is 2.84. The number of hydrogen-bond acceptors (Lipinski definition) is 5. The fourth-order valence-corrected chi connectivity index (χ4v) is 5.22. The highest BCUT2D eigenvalue weighted by Crippen LogP contribution is 2.36. The number of rotatable bonds is 6. The molecule has 5 rings (SSSR count). The van der Waals surface area contributed by atoms with Gasteiger partial charge in [-0.1, -0.05) is 30.3 Å². The molecule has 1 saturated heterocycles. The van der Waals surface area contributed by atoms with Crippen LogP contribution in [0, 0.1) is 0 Å². The van der Waals surface area contributed by atoms with Crippen molar-refractivity contribution < 1.29 is 18.0 Å². The zero-order valence-electron chi connectivity index (χ0n) is 19.3. The Bertz CT molecular complexity index is 1170. The molecular formula is C26H28F3N5O. The molecule has 1 aliphatic heterocycles. The van der Waals surface area contributed by atoms with Gasteiger partial charge in [0.2, 0.25) is 5.91 Å². The number of carbonyl (C=O) groups is 1. The number of fused-ring (bicyclic) bond motifs is 1. The van der Waals surface area contributed by atoms with E-state index >= 15 is 0 Å². The number of nitrogens with one attached hydrogen (secondary N) is 2. The molecule has 2 N–H and O–H groups in total. The Kier molecular flexibility index (Phi) is 6.60. The third-order valence-electron chi connectivity index (χ3n) is 7.14. The largest absolute Gasteiger partial charge is 0.416 e. The zero-order valence-corrected chi connectivity index (χ0v) is 19.3. The van der Waals surface area contributed by atoms with Crippen LogP contribution in [0.5, 0.6) is 0 Å². The lowest BCUT2D eigenvalue weighted by atomic mass is 9.80. The van der Waals surface area contributed by atoms with Gasteiger partial charge in [0.05, 0.1) is 23.7 Å². The van der Waals surface area contributed by atoms with Crippen molar-refractivity contribution >= 4 is 22.6 Å². The number of likely N-dealkylation sites (tertiary alicyclic amines) is 1. The van der Waals surface area contributed by atoms with E-state index in [0.29, 0.717) is 17.5 Å². The first kappa shape index (κ1) is 23.5. The van der Waals surface area contributed by atoms with Crippen LogP contribution in [0.3, 0.4) is 0 Å². The van der Waals surface area contributed by atoms with Gasteiger partial charge < -0.3 is 10.6 Å². The molecule has 1 aromatic heterocycles. The topological polar surface area (TPSA) is 70.1 Å². The van der Waals surface area contributed by atoms with Crippen LogP contribution in [0.25, 0.3) is 10.9 Å². The number of alkyl halides is 3. The van der Waals surface area contributed by atoms with Crippen LogP contribution in [0.4, 0.5) is 19.0 Å². The summed E-state index contributed by atoms with van der Waals surface area (Å²) in [5, 5.41) is 6.11. The Morgan fingerprint density at radius 3 is 2.46 bits per heavy atom. The second kappa shape index (κ2) is 9.81. The molecule has 2 aromatic carbocycles. The fourth-order valence-electron chi connectivity index (χ4n) is 5.22. The van der Waals surface area contributed by atoms with E-state index in [2.05, 4.69) is 55.8 Å². The van der Waals surface area contributed by atoms with Gasteiger partial charge in [0.15, 0.2) is 0 Å². The van der Waals surface area contributed by atoms with E-state index in [-0.39, 0.29) is 29.7 Å². The van der Waals surface area contributed by atoms with Gasteiger partial charge in [0.25, 0.3) is 0 Å². The van der Waals surface area contributed by atoms with Crippen LogP contribution < -0.4 is 10.6 Å². The Morgan fingerprint density at radius 1 is 1.00 bits per heavy atom. The standard InChI is InChI=1S/C26H28F3N5O/c27-26(28,29)19-8-11-23-22(12-19)25(32-16-31-23)30-13-24(35)33-20-14-34(15-20)21-9-6-18(7-10-21)17-4-2-1-3-5-17/h1-5,8,11-12,16,18,20-21H,6-7,9-10,13-15H2,(H,33,35)(H,30,31,32)/t18-,21-. The maximum atomic E-state index is 13.1. The van der Waals surface area contributed by atoms with Crippen LogP contribution in [-0.2, 0) is 11.0 Å². The van der Waals surface area contributed by atoms with Crippen LogP contribution in [0.2, 0.25) is 0 Å². The molecule has 1 saturated carbocycles. The summed E-state index contributed by atoms with van der Waals surface area (Å²) in [6, 6.07) is 14.7.